The number of hydrogen-bond donors (Lipinski definition) is 0. The molecule has 0 aromatic carbocycles. The molecular formula is C15H19F3N4O2. The SMILES string of the molecule is O=C(N1CCOCC1)N1CCN(c2cc(C(F)(F)F)ccn2)CC1. The van der Waals surface area contributed by atoms with Crippen molar-refractivity contribution in [2.45, 2.75) is 6.18 Å². The molecule has 6 nitrogen and oxygen atoms in total. The Balaban J connectivity index is 1.60. The average molecular weight is 344 g/mol. The summed E-state index contributed by atoms with van der Waals surface area (Å²) in [4.78, 5) is 21.7. The maximum absolute atomic E-state index is 12.8. The van der Waals surface area contributed by atoms with Gasteiger partial charge in [0.25, 0.3) is 0 Å². The molecule has 0 bridgehead atoms. The largest absolute Gasteiger partial charge is 0.416 e. The maximum Gasteiger partial charge on any atom is 0.416 e. The molecule has 0 unspecified atom stereocenters. The number of anilines is 1. The topological polar surface area (TPSA) is 48.9 Å². The summed E-state index contributed by atoms with van der Waals surface area (Å²) in [5.41, 5.74) is -0.709. The zero-order valence-electron chi connectivity index (χ0n) is 13.1. The highest BCUT2D eigenvalue weighted by atomic mass is 19.4. The molecule has 3 rings (SSSR count). The van der Waals surface area contributed by atoms with Crippen LogP contribution in [-0.2, 0) is 10.9 Å². The van der Waals surface area contributed by atoms with Crippen molar-refractivity contribution in [3.8, 4) is 0 Å². The molecule has 9 heteroatoms. The van der Waals surface area contributed by atoms with E-state index in [0.717, 1.165) is 12.1 Å². The Kier molecular flexibility index (Phi) is 4.79. The number of nitrogens with zero attached hydrogens (tertiary/aromatic N) is 4. The third kappa shape index (κ3) is 3.72. The van der Waals surface area contributed by atoms with Crippen molar-refractivity contribution < 1.29 is 22.7 Å². The number of pyridine rings is 1. The van der Waals surface area contributed by atoms with Crippen molar-refractivity contribution in [3.05, 3.63) is 23.9 Å². The summed E-state index contributed by atoms with van der Waals surface area (Å²) in [5, 5.41) is 0. The number of carbonyl (C=O) groups excluding carboxylic acids is 1. The molecule has 132 valence electrons. The first-order valence-electron chi connectivity index (χ1n) is 7.85. The number of urea groups is 1. The van der Waals surface area contributed by atoms with Gasteiger partial charge in [0.15, 0.2) is 0 Å². The fourth-order valence-electron chi connectivity index (χ4n) is 2.85. The van der Waals surface area contributed by atoms with Gasteiger partial charge in [0, 0.05) is 45.5 Å². The second kappa shape index (κ2) is 6.84. The highest BCUT2D eigenvalue weighted by molar-refractivity contribution is 5.75. The van der Waals surface area contributed by atoms with Gasteiger partial charge in [-0.25, -0.2) is 9.78 Å². The molecule has 0 atom stereocenters. The van der Waals surface area contributed by atoms with Crippen LogP contribution < -0.4 is 4.90 Å². The lowest BCUT2D eigenvalue weighted by atomic mass is 10.2. The van der Waals surface area contributed by atoms with Gasteiger partial charge in [0.2, 0.25) is 0 Å². The number of ether oxygens (including phenoxy) is 1. The quantitative estimate of drug-likeness (QED) is 0.778. The van der Waals surface area contributed by atoms with Crippen LogP contribution >= 0.6 is 0 Å². The Bertz CT molecular complexity index is 582. The number of aromatic nitrogens is 1. The molecule has 0 spiro atoms. The van der Waals surface area contributed by atoms with E-state index in [9.17, 15) is 18.0 Å². The third-order valence-corrected chi connectivity index (χ3v) is 4.23. The van der Waals surface area contributed by atoms with Crippen molar-refractivity contribution in [2.24, 2.45) is 0 Å². The molecule has 2 aliphatic rings. The van der Waals surface area contributed by atoms with Gasteiger partial charge in [-0.3, -0.25) is 0 Å². The van der Waals surface area contributed by atoms with Crippen molar-refractivity contribution in [1.29, 1.82) is 0 Å². The Labute approximate surface area is 137 Å². The molecule has 0 radical (unpaired) electrons. The van der Waals surface area contributed by atoms with Crippen LogP contribution in [0.1, 0.15) is 5.56 Å². The lowest BCUT2D eigenvalue weighted by molar-refractivity contribution is -0.137. The van der Waals surface area contributed by atoms with Crippen molar-refractivity contribution in [3.63, 3.8) is 0 Å². The number of hydrogen-bond acceptors (Lipinski definition) is 4. The van der Waals surface area contributed by atoms with Crippen LogP contribution in [-0.4, -0.2) is 73.3 Å². The van der Waals surface area contributed by atoms with Crippen LogP contribution in [0.3, 0.4) is 0 Å². The van der Waals surface area contributed by atoms with E-state index in [1.165, 1.54) is 6.20 Å². The number of rotatable bonds is 1. The Morgan fingerprint density at radius 1 is 1.04 bits per heavy atom. The standard InChI is InChI=1S/C15H19F3N4O2/c16-15(17,18)12-1-2-19-13(11-12)20-3-5-21(6-4-20)14(23)22-7-9-24-10-8-22/h1-2,11H,3-10H2. The van der Waals surface area contributed by atoms with Crippen molar-refractivity contribution in [1.82, 2.24) is 14.8 Å². The van der Waals surface area contributed by atoms with Crippen LogP contribution in [0.4, 0.5) is 23.8 Å². The van der Waals surface area contributed by atoms with E-state index < -0.39 is 11.7 Å². The maximum atomic E-state index is 12.8. The molecule has 2 fully saturated rings. The van der Waals surface area contributed by atoms with Gasteiger partial charge in [-0.05, 0) is 12.1 Å². The fraction of sp³-hybridized carbons (Fsp3) is 0.600. The van der Waals surface area contributed by atoms with E-state index in [1.54, 1.807) is 14.7 Å². The second-order valence-corrected chi connectivity index (χ2v) is 5.76. The first-order valence-corrected chi connectivity index (χ1v) is 7.85. The van der Waals surface area contributed by atoms with E-state index in [2.05, 4.69) is 4.98 Å². The summed E-state index contributed by atoms with van der Waals surface area (Å²) in [6, 6.07) is 1.98. The molecule has 0 aliphatic carbocycles. The van der Waals surface area contributed by atoms with Crippen LogP contribution in [0.25, 0.3) is 0 Å². The van der Waals surface area contributed by atoms with Gasteiger partial charge < -0.3 is 19.4 Å². The van der Waals surface area contributed by atoms with Gasteiger partial charge in [-0.2, -0.15) is 13.2 Å². The highest BCUT2D eigenvalue weighted by Crippen LogP contribution is 2.30. The first kappa shape index (κ1) is 16.8. The van der Waals surface area contributed by atoms with E-state index in [4.69, 9.17) is 4.74 Å². The van der Waals surface area contributed by atoms with E-state index in [0.29, 0.717) is 58.3 Å². The summed E-state index contributed by atoms with van der Waals surface area (Å²) < 4.78 is 43.6. The number of carbonyl (C=O) groups is 1. The second-order valence-electron chi connectivity index (χ2n) is 5.76. The van der Waals surface area contributed by atoms with Gasteiger partial charge in [0.1, 0.15) is 5.82 Å². The molecule has 3 heterocycles. The van der Waals surface area contributed by atoms with Gasteiger partial charge in [-0.1, -0.05) is 0 Å². The van der Waals surface area contributed by atoms with E-state index in [1.807, 2.05) is 0 Å². The molecule has 24 heavy (non-hydrogen) atoms. The van der Waals surface area contributed by atoms with E-state index in [-0.39, 0.29) is 6.03 Å². The predicted octanol–water partition coefficient (Wildman–Crippen LogP) is 1.67. The molecule has 1 aromatic rings. The number of morpholine rings is 1. The van der Waals surface area contributed by atoms with Crippen molar-refractivity contribution in [2.75, 3.05) is 57.4 Å². The number of piperazine rings is 1. The molecule has 0 N–H and O–H groups in total. The highest BCUT2D eigenvalue weighted by Gasteiger charge is 2.32. The summed E-state index contributed by atoms with van der Waals surface area (Å²) >= 11 is 0. The van der Waals surface area contributed by atoms with Gasteiger partial charge in [0.05, 0.1) is 18.8 Å². The molecule has 2 amide bonds. The zero-order valence-corrected chi connectivity index (χ0v) is 13.1. The zero-order chi connectivity index (χ0) is 17.2. The Morgan fingerprint density at radius 2 is 1.67 bits per heavy atom. The molecule has 2 saturated heterocycles. The molecule has 1 aromatic heterocycles. The predicted molar refractivity (Wildman–Crippen MR) is 80.8 cm³/mol. The first-order chi connectivity index (χ1) is 11.4. The average Bonchev–Trinajstić information content (AvgIpc) is 2.61. The fourth-order valence-corrected chi connectivity index (χ4v) is 2.85. The lowest BCUT2D eigenvalue weighted by Crippen LogP contribution is -2.55. The normalized spacial score (nSPS) is 19.5. The molecule has 0 saturated carbocycles. The third-order valence-electron chi connectivity index (χ3n) is 4.23. The summed E-state index contributed by atoms with van der Waals surface area (Å²) in [6.07, 6.45) is -3.21. The minimum absolute atomic E-state index is 0.0325. The number of halogens is 3. The summed E-state index contributed by atoms with van der Waals surface area (Å²) in [5.74, 6) is 0.295. The Hall–Kier alpha value is -2.03. The lowest BCUT2D eigenvalue weighted by Gasteiger charge is -2.39. The Morgan fingerprint density at radius 3 is 2.29 bits per heavy atom. The van der Waals surface area contributed by atoms with Crippen LogP contribution in [0.5, 0.6) is 0 Å². The van der Waals surface area contributed by atoms with Crippen LogP contribution in [0.2, 0.25) is 0 Å². The van der Waals surface area contributed by atoms with Crippen LogP contribution in [0, 0.1) is 0 Å². The number of amides is 2. The van der Waals surface area contributed by atoms with Gasteiger partial charge in [-0.15, -0.1) is 0 Å². The summed E-state index contributed by atoms with van der Waals surface area (Å²) in [6.45, 7) is 4.10. The summed E-state index contributed by atoms with van der Waals surface area (Å²) in [7, 11) is 0. The minimum atomic E-state index is -4.38. The smallest absolute Gasteiger partial charge is 0.378 e. The van der Waals surface area contributed by atoms with Gasteiger partial charge >= 0.3 is 12.2 Å². The monoisotopic (exact) mass is 344 g/mol. The van der Waals surface area contributed by atoms with Crippen molar-refractivity contribution >= 4 is 11.8 Å². The minimum Gasteiger partial charge on any atom is -0.378 e. The van der Waals surface area contributed by atoms with Crippen LogP contribution in [0.15, 0.2) is 18.3 Å². The molecule has 2 aliphatic heterocycles. The molecular weight excluding hydrogens is 325 g/mol. The number of alkyl halides is 3. The van der Waals surface area contributed by atoms with E-state index >= 15 is 0 Å².